The van der Waals surface area contributed by atoms with E-state index in [1.54, 1.807) is 35.6 Å². The number of carbonyl (C=O) groups is 1. The molecule has 2 aromatic heterocycles. The SMILES string of the molecule is CCc1cccc2sc(N(CCCn3ccnc3)C(=O)c3ccc(SC)cc3)nc12. The Labute approximate surface area is 184 Å². The molecular weight excluding hydrogens is 412 g/mol. The zero-order valence-electron chi connectivity index (χ0n) is 17.1. The van der Waals surface area contributed by atoms with E-state index in [1.807, 2.05) is 46.2 Å². The number of aryl methyl sites for hydroxylation is 2. The highest BCUT2D eigenvalue weighted by molar-refractivity contribution is 7.98. The summed E-state index contributed by atoms with van der Waals surface area (Å²) in [5.74, 6) is -0.00890. The van der Waals surface area contributed by atoms with Gasteiger partial charge in [0.1, 0.15) is 0 Å². The molecule has 2 aromatic carbocycles. The smallest absolute Gasteiger partial charge is 0.260 e. The fourth-order valence-electron chi connectivity index (χ4n) is 3.40. The maximum Gasteiger partial charge on any atom is 0.260 e. The number of fused-ring (bicyclic) bond motifs is 1. The molecule has 0 radical (unpaired) electrons. The summed E-state index contributed by atoms with van der Waals surface area (Å²) in [6.07, 6.45) is 9.30. The summed E-state index contributed by atoms with van der Waals surface area (Å²) >= 11 is 3.25. The molecule has 0 N–H and O–H groups in total. The number of thiazole rings is 1. The highest BCUT2D eigenvalue weighted by atomic mass is 32.2. The van der Waals surface area contributed by atoms with Crippen molar-refractivity contribution in [1.29, 1.82) is 0 Å². The first-order valence-electron chi connectivity index (χ1n) is 9.99. The van der Waals surface area contributed by atoms with Crippen LogP contribution < -0.4 is 4.90 Å². The molecule has 2 heterocycles. The van der Waals surface area contributed by atoms with Crippen molar-refractivity contribution in [1.82, 2.24) is 14.5 Å². The van der Waals surface area contributed by atoms with E-state index < -0.39 is 0 Å². The number of benzene rings is 2. The molecule has 0 bridgehead atoms. The van der Waals surface area contributed by atoms with Crippen molar-refractivity contribution in [3.05, 3.63) is 72.3 Å². The molecule has 0 aliphatic rings. The number of carbonyl (C=O) groups excluding carboxylic acids is 1. The lowest BCUT2D eigenvalue weighted by atomic mass is 10.1. The molecule has 0 unspecified atom stereocenters. The molecule has 7 heteroatoms. The van der Waals surface area contributed by atoms with Gasteiger partial charge in [-0.25, -0.2) is 9.97 Å². The van der Waals surface area contributed by atoms with Crippen molar-refractivity contribution in [2.45, 2.75) is 31.2 Å². The topological polar surface area (TPSA) is 51.0 Å². The van der Waals surface area contributed by atoms with Crippen LogP contribution in [0, 0.1) is 0 Å². The minimum Gasteiger partial charge on any atom is -0.337 e. The molecule has 0 atom stereocenters. The Balaban J connectivity index is 1.64. The van der Waals surface area contributed by atoms with Gasteiger partial charge in [0.2, 0.25) is 0 Å². The Morgan fingerprint density at radius 1 is 1.20 bits per heavy atom. The molecule has 30 heavy (non-hydrogen) atoms. The van der Waals surface area contributed by atoms with Gasteiger partial charge < -0.3 is 4.57 Å². The average molecular weight is 437 g/mol. The molecule has 5 nitrogen and oxygen atoms in total. The van der Waals surface area contributed by atoms with Gasteiger partial charge >= 0.3 is 0 Å². The highest BCUT2D eigenvalue weighted by Gasteiger charge is 2.21. The van der Waals surface area contributed by atoms with E-state index in [0.29, 0.717) is 12.1 Å². The van der Waals surface area contributed by atoms with Crippen molar-refractivity contribution < 1.29 is 4.79 Å². The van der Waals surface area contributed by atoms with E-state index in [2.05, 4.69) is 30.1 Å². The van der Waals surface area contributed by atoms with Crippen LogP contribution >= 0.6 is 23.1 Å². The predicted molar refractivity (Wildman–Crippen MR) is 126 cm³/mol. The van der Waals surface area contributed by atoms with Crippen molar-refractivity contribution in [3.63, 3.8) is 0 Å². The Kier molecular flexibility index (Phi) is 6.50. The van der Waals surface area contributed by atoms with Crippen molar-refractivity contribution in [3.8, 4) is 0 Å². The Morgan fingerprint density at radius 2 is 2.03 bits per heavy atom. The number of imidazole rings is 1. The zero-order chi connectivity index (χ0) is 20.9. The first-order valence-corrected chi connectivity index (χ1v) is 12.0. The summed E-state index contributed by atoms with van der Waals surface area (Å²) in [7, 11) is 0. The lowest BCUT2D eigenvalue weighted by molar-refractivity contribution is 0.0986. The van der Waals surface area contributed by atoms with Gasteiger partial charge in [0.25, 0.3) is 5.91 Å². The number of anilines is 1. The van der Waals surface area contributed by atoms with Crippen LogP contribution in [0.5, 0.6) is 0 Å². The fraction of sp³-hybridized carbons (Fsp3) is 0.261. The number of aromatic nitrogens is 3. The van der Waals surface area contributed by atoms with Crippen molar-refractivity contribution in [2.24, 2.45) is 0 Å². The van der Waals surface area contributed by atoms with Crippen LogP contribution in [0.1, 0.15) is 29.3 Å². The van der Waals surface area contributed by atoms with Crippen LogP contribution in [0.25, 0.3) is 10.2 Å². The van der Waals surface area contributed by atoms with Crippen LogP contribution in [0.2, 0.25) is 0 Å². The van der Waals surface area contributed by atoms with Crippen LogP contribution in [0.15, 0.2) is 66.1 Å². The normalized spacial score (nSPS) is 11.1. The van der Waals surface area contributed by atoms with E-state index in [0.717, 1.165) is 39.6 Å². The van der Waals surface area contributed by atoms with E-state index in [4.69, 9.17) is 4.98 Å². The van der Waals surface area contributed by atoms with E-state index >= 15 is 0 Å². The number of thioether (sulfide) groups is 1. The predicted octanol–water partition coefficient (Wildman–Crippen LogP) is 5.51. The van der Waals surface area contributed by atoms with Gasteiger partial charge in [0.05, 0.1) is 16.5 Å². The molecule has 0 spiro atoms. The van der Waals surface area contributed by atoms with Gasteiger partial charge in [-0.3, -0.25) is 9.69 Å². The molecule has 4 aromatic rings. The van der Waals surface area contributed by atoms with E-state index in [9.17, 15) is 4.79 Å². The number of amides is 1. The minimum absolute atomic E-state index is 0.00890. The molecule has 0 aliphatic heterocycles. The molecule has 0 saturated carbocycles. The Morgan fingerprint density at radius 3 is 2.73 bits per heavy atom. The van der Waals surface area contributed by atoms with Gasteiger partial charge in [-0.2, -0.15) is 0 Å². The Hall–Kier alpha value is -2.64. The lowest BCUT2D eigenvalue weighted by Crippen LogP contribution is -2.32. The number of hydrogen-bond acceptors (Lipinski definition) is 5. The maximum atomic E-state index is 13.4. The molecule has 154 valence electrons. The second-order valence-corrected chi connectivity index (χ2v) is 8.84. The molecule has 0 aliphatic carbocycles. The van der Waals surface area contributed by atoms with Crippen LogP contribution in [-0.2, 0) is 13.0 Å². The molecular formula is C23H24N4OS2. The second-order valence-electron chi connectivity index (χ2n) is 6.95. The lowest BCUT2D eigenvalue weighted by Gasteiger charge is -2.20. The number of para-hydroxylation sites is 1. The number of nitrogens with zero attached hydrogens (tertiary/aromatic N) is 4. The third-order valence-electron chi connectivity index (χ3n) is 5.04. The van der Waals surface area contributed by atoms with Gasteiger partial charge in [-0.15, -0.1) is 11.8 Å². The van der Waals surface area contributed by atoms with Gasteiger partial charge in [-0.1, -0.05) is 30.4 Å². The molecule has 4 rings (SSSR count). The van der Waals surface area contributed by atoms with Crippen LogP contribution in [0.3, 0.4) is 0 Å². The first kappa shape index (κ1) is 20.6. The zero-order valence-corrected chi connectivity index (χ0v) is 18.7. The first-order chi connectivity index (χ1) is 14.7. The summed E-state index contributed by atoms with van der Waals surface area (Å²) in [5, 5.41) is 0.760. The van der Waals surface area contributed by atoms with Gasteiger partial charge in [0.15, 0.2) is 5.13 Å². The molecule has 0 saturated heterocycles. The van der Waals surface area contributed by atoms with Crippen LogP contribution in [-0.4, -0.2) is 33.2 Å². The monoisotopic (exact) mass is 436 g/mol. The number of hydrogen-bond donors (Lipinski definition) is 0. The summed E-state index contributed by atoms with van der Waals surface area (Å²) in [4.78, 5) is 25.4. The third kappa shape index (κ3) is 4.42. The molecule has 0 fully saturated rings. The highest BCUT2D eigenvalue weighted by Crippen LogP contribution is 2.32. The van der Waals surface area contributed by atoms with Crippen molar-refractivity contribution >= 4 is 44.4 Å². The largest absolute Gasteiger partial charge is 0.337 e. The van der Waals surface area contributed by atoms with Crippen LogP contribution in [0.4, 0.5) is 5.13 Å². The second kappa shape index (κ2) is 9.45. The van der Waals surface area contributed by atoms with E-state index in [-0.39, 0.29) is 5.91 Å². The summed E-state index contributed by atoms with van der Waals surface area (Å²) in [6.45, 7) is 3.54. The Bertz CT molecular complexity index is 1120. The van der Waals surface area contributed by atoms with E-state index in [1.165, 1.54) is 5.56 Å². The fourth-order valence-corrected chi connectivity index (χ4v) is 4.84. The standard InChI is InChI=1S/C23H24N4OS2/c1-3-17-6-4-7-20-21(17)25-23(30-20)27(14-5-13-26-15-12-24-16-26)22(28)18-8-10-19(29-2)11-9-18/h4,6-12,15-16H,3,5,13-14H2,1-2H3. The minimum atomic E-state index is -0.00890. The molecule has 1 amide bonds. The average Bonchev–Trinajstić information content (AvgIpc) is 3.46. The number of rotatable bonds is 8. The quantitative estimate of drug-likeness (QED) is 0.342. The van der Waals surface area contributed by atoms with Gasteiger partial charge in [0, 0.05) is 35.9 Å². The van der Waals surface area contributed by atoms with Crippen molar-refractivity contribution in [2.75, 3.05) is 17.7 Å². The third-order valence-corrected chi connectivity index (χ3v) is 6.83. The summed E-state index contributed by atoms with van der Waals surface area (Å²) < 4.78 is 3.15. The summed E-state index contributed by atoms with van der Waals surface area (Å²) in [5.41, 5.74) is 2.90. The van der Waals surface area contributed by atoms with Gasteiger partial charge in [-0.05, 0) is 55.0 Å². The summed E-state index contributed by atoms with van der Waals surface area (Å²) in [6, 6.07) is 14.1. The maximum absolute atomic E-state index is 13.4.